The third kappa shape index (κ3) is 10.1. The van der Waals surface area contributed by atoms with Crippen LogP contribution in [-0.4, -0.2) is 48.5 Å². The molecule has 0 heterocycles. The van der Waals surface area contributed by atoms with E-state index in [0.717, 1.165) is 10.4 Å². The molecule has 0 bridgehead atoms. The molecule has 2 aromatic carbocycles. The minimum Gasteiger partial charge on any atom is -0.437 e. The van der Waals surface area contributed by atoms with E-state index in [1.165, 1.54) is 0 Å². The molecule has 0 aromatic heterocycles. The first-order valence-corrected chi connectivity index (χ1v) is 26.2. The number of hydrogen-bond acceptors (Lipinski definition) is 4. The van der Waals surface area contributed by atoms with Gasteiger partial charge in [0.15, 0.2) is 16.6 Å². The second kappa shape index (κ2) is 11.5. The van der Waals surface area contributed by atoms with Gasteiger partial charge in [-0.1, -0.05) is 60.7 Å². The molecule has 0 fully saturated rings. The summed E-state index contributed by atoms with van der Waals surface area (Å²) in [4.78, 5) is 0. The van der Waals surface area contributed by atoms with Crippen LogP contribution in [0.2, 0.25) is 65.0 Å². The molecule has 1 unspecified atom stereocenters. The highest BCUT2D eigenvalue weighted by Gasteiger charge is 2.55. The number of benzene rings is 2. The molecule has 0 aliphatic carbocycles. The summed E-state index contributed by atoms with van der Waals surface area (Å²) in [5, 5.41) is 1.67. The van der Waals surface area contributed by atoms with Crippen molar-refractivity contribution in [1.82, 2.24) is 0 Å². The first-order chi connectivity index (χ1) is 16.2. The van der Waals surface area contributed by atoms with Crippen LogP contribution in [0.1, 0.15) is 6.42 Å². The standard InChI is InChI=1S/C24H41F3O4Si5/c1-32(2,3)28-34(7,8)30-36(22-16-12-10-13-17-22,23-18-14-11-15-19-23)31-35(9,29-33(4,5)6)21-20-24(25,26)27/h10-19H,20-21H2,1-9H3. The Hall–Kier alpha value is -0.846. The highest BCUT2D eigenvalue weighted by Crippen LogP contribution is 2.33. The zero-order chi connectivity index (χ0) is 27.5. The normalized spacial score (nSPS) is 15.6. The Morgan fingerprint density at radius 1 is 0.583 bits per heavy atom. The fraction of sp³-hybridized carbons (Fsp3) is 0.500. The molecular weight excluding hydrogens is 550 g/mol. The van der Waals surface area contributed by atoms with Gasteiger partial charge in [-0.25, -0.2) is 0 Å². The van der Waals surface area contributed by atoms with E-state index in [2.05, 4.69) is 19.6 Å². The van der Waals surface area contributed by atoms with Gasteiger partial charge in [-0.05, 0) is 75.3 Å². The zero-order valence-electron chi connectivity index (χ0n) is 23.0. The number of halogens is 3. The molecule has 0 spiro atoms. The molecule has 0 saturated carbocycles. The van der Waals surface area contributed by atoms with E-state index in [0.29, 0.717) is 0 Å². The second-order valence-electron chi connectivity index (χ2n) is 11.6. The van der Waals surface area contributed by atoms with Gasteiger partial charge in [0.25, 0.3) is 0 Å². The molecule has 0 aliphatic heterocycles. The number of hydrogen-bond donors (Lipinski definition) is 0. The maximum Gasteiger partial charge on any atom is 0.389 e. The second-order valence-corrected chi connectivity index (χ2v) is 31.3. The lowest BCUT2D eigenvalue weighted by Crippen LogP contribution is -2.72. The van der Waals surface area contributed by atoms with Crippen LogP contribution in [0.15, 0.2) is 60.7 Å². The number of rotatable bonds is 12. The predicted molar refractivity (Wildman–Crippen MR) is 154 cm³/mol. The lowest BCUT2D eigenvalue weighted by Gasteiger charge is -2.45. The van der Waals surface area contributed by atoms with Crippen molar-refractivity contribution >= 4 is 52.7 Å². The van der Waals surface area contributed by atoms with Gasteiger partial charge in [-0.15, -0.1) is 0 Å². The quantitative estimate of drug-likeness (QED) is 0.258. The topological polar surface area (TPSA) is 36.9 Å². The van der Waals surface area contributed by atoms with E-state index in [-0.39, 0.29) is 6.04 Å². The summed E-state index contributed by atoms with van der Waals surface area (Å²) in [7, 11) is -14.0. The molecule has 0 saturated heterocycles. The smallest absolute Gasteiger partial charge is 0.389 e. The highest BCUT2D eigenvalue weighted by atomic mass is 28.5. The molecule has 0 amide bonds. The van der Waals surface area contributed by atoms with Crippen LogP contribution in [0.5, 0.6) is 0 Å². The lowest BCUT2D eigenvalue weighted by atomic mass is 10.4. The Bertz CT molecular complexity index is 924. The summed E-state index contributed by atoms with van der Waals surface area (Å²) in [5.74, 6) is 0. The molecule has 0 aliphatic rings. The lowest BCUT2D eigenvalue weighted by molar-refractivity contribution is -0.131. The van der Waals surface area contributed by atoms with E-state index in [9.17, 15) is 13.2 Å². The summed E-state index contributed by atoms with van der Waals surface area (Å²) < 4.78 is 67.6. The first-order valence-electron chi connectivity index (χ1n) is 12.2. The fourth-order valence-corrected chi connectivity index (χ4v) is 27.2. The Balaban J connectivity index is 2.76. The summed E-state index contributed by atoms with van der Waals surface area (Å²) in [6.07, 6.45) is -5.26. The molecule has 0 radical (unpaired) electrons. The van der Waals surface area contributed by atoms with Crippen molar-refractivity contribution in [1.29, 1.82) is 0 Å². The summed E-state index contributed by atoms with van der Waals surface area (Å²) in [6.45, 7) is 18.0. The van der Waals surface area contributed by atoms with Crippen molar-refractivity contribution in [2.45, 2.75) is 77.6 Å². The minimum absolute atomic E-state index is 0.199. The Morgan fingerprint density at radius 3 is 1.36 bits per heavy atom. The van der Waals surface area contributed by atoms with E-state index < -0.39 is 54.9 Å². The highest BCUT2D eigenvalue weighted by molar-refractivity contribution is 7.02. The van der Waals surface area contributed by atoms with Crippen molar-refractivity contribution in [3.8, 4) is 0 Å². The largest absolute Gasteiger partial charge is 0.437 e. The maximum atomic E-state index is 13.4. The van der Waals surface area contributed by atoms with Crippen molar-refractivity contribution < 1.29 is 29.6 Å². The van der Waals surface area contributed by atoms with Crippen molar-refractivity contribution in [3.05, 3.63) is 60.7 Å². The Labute approximate surface area is 220 Å². The van der Waals surface area contributed by atoms with E-state index in [1.807, 2.05) is 93.4 Å². The molecule has 1 atom stereocenters. The van der Waals surface area contributed by atoms with Gasteiger partial charge in [0.1, 0.15) is 0 Å². The van der Waals surface area contributed by atoms with Crippen LogP contribution in [0.25, 0.3) is 0 Å². The molecule has 202 valence electrons. The van der Waals surface area contributed by atoms with Crippen molar-refractivity contribution in [2.24, 2.45) is 0 Å². The van der Waals surface area contributed by atoms with Gasteiger partial charge in [-0.2, -0.15) is 13.2 Å². The number of alkyl halides is 3. The Kier molecular flexibility index (Phi) is 10.0. The van der Waals surface area contributed by atoms with Crippen LogP contribution in [0, 0.1) is 0 Å². The van der Waals surface area contributed by atoms with Crippen LogP contribution in [-0.2, 0) is 16.5 Å². The Morgan fingerprint density at radius 2 is 1.00 bits per heavy atom. The van der Waals surface area contributed by atoms with Crippen molar-refractivity contribution in [2.75, 3.05) is 0 Å². The molecule has 2 aromatic rings. The summed E-state index contributed by atoms with van der Waals surface area (Å²) in [5.41, 5.74) is 0. The average molecular weight is 591 g/mol. The SMILES string of the molecule is C[Si](C)(C)O[Si](C)(C)O[Si](O[Si](C)(CCC(F)(F)F)O[Si](C)(C)C)(c1ccccc1)c1ccccc1. The maximum absolute atomic E-state index is 13.4. The van der Waals surface area contributed by atoms with Gasteiger partial charge >= 0.3 is 31.9 Å². The van der Waals surface area contributed by atoms with Crippen LogP contribution < -0.4 is 10.4 Å². The van der Waals surface area contributed by atoms with Crippen LogP contribution in [0.4, 0.5) is 13.2 Å². The molecule has 2 rings (SSSR count). The molecule has 36 heavy (non-hydrogen) atoms. The monoisotopic (exact) mass is 590 g/mol. The van der Waals surface area contributed by atoms with E-state index in [4.69, 9.17) is 16.5 Å². The molecule has 4 nitrogen and oxygen atoms in total. The van der Waals surface area contributed by atoms with Gasteiger partial charge in [0.2, 0.25) is 0 Å². The molecular formula is C24H41F3O4Si5. The summed E-state index contributed by atoms with van der Waals surface area (Å²) >= 11 is 0. The third-order valence-corrected chi connectivity index (χ3v) is 22.9. The van der Waals surface area contributed by atoms with Gasteiger partial charge < -0.3 is 16.5 Å². The first kappa shape index (κ1) is 31.4. The average Bonchev–Trinajstić information content (AvgIpc) is 2.69. The fourth-order valence-electron chi connectivity index (χ4n) is 4.29. The van der Waals surface area contributed by atoms with Crippen LogP contribution in [0.3, 0.4) is 0 Å². The van der Waals surface area contributed by atoms with Crippen LogP contribution >= 0.6 is 0 Å². The van der Waals surface area contributed by atoms with Gasteiger partial charge in [-0.3, -0.25) is 0 Å². The third-order valence-electron chi connectivity index (χ3n) is 4.99. The predicted octanol–water partition coefficient (Wildman–Crippen LogP) is 6.71. The molecule has 12 heteroatoms. The minimum atomic E-state index is -4.31. The van der Waals surface area contributed by atoms with E-state index >= 15 is 0 Å². The van der Waals surface area contributed by atoms with E-state index in [1.54, 1.807) is 6.55 Å². The molecule has 0 N–H and O–H groups in total. The van der Waals surface area contributed by atoms with Gasteiger partial charge in [0.05, 0.1) is 0 Å². The van der Waals surface area contributed by atoms with Gasteiger partial charge in [0, 0.05) is 6.42 Å². The van der Waals surface area contributed by atoms with Crippen molar-refractivity contribution in [3.63, 3.8) is 0 Å². The summed E-state index contributed by atoms with van der Waals surface area (Å²) in [6, 6.07) is 19.1. The zero-order valence-corrected chi connectivity index (χ0v) is 28.0.